The van der Waals surface area contributed by atoms with Crippen molar-refractivity contribution in [2.45, 2.75) is 6.54 Å². The highest BCUT2D eigenvalue weighted by Gasteiger charge is 2.11. The van der Waals surface area contributed by atoms with E-state index < -0.39 is 5.91 Å². The fourth-order valence-electron chi connectivity index (χ4n) is 3.08. The van der Waals surface area contributed by atoms with Crippen molar-refractivity contribution >= 4 is 28.8 Å². The van der Waals surface area contributed by atoms with Gasteiger partial charge in [-0.25, -0.2) is 5.43 Å². The van der Waals surface area contributed by atoms with E-state index in [0.29, 0.717) is 23.6 Å². The molecule has 1 heterocycles. The molecule has 4 aromatic rings. The fraction of sp³-hybridized carbons (Fsp3) is 0.0800. The van der Waals surface area contributed by atoms with Gasteiger partial charge in [0.1, 0.15) is 17.3 Å². The number of amides is 2. The first-order valence-corrected chi connectivity index (χ1v) is 10.2. The van der Waals surface area contributed by atoms with Crippen LogP contribution in [0, 0.1) is 0 Å². The van der Waals surface area contributed by atoms with Gasteiger partial charge in [-0.05, 0) is 64.9 Å². The average molecular weight is 443 g/mol. The first kappa shape index (κ1) is 21.6. The van der Waals surface area contributed by atoms with Gasteiger partial charge < -0.3 is 19.6 Å². The number of furan rings is 1. The molecule has 166 valence electrons. The number of hydrogen-bond acceptors (Lipinski definition) is 6. The highest BCUT2D eigenvalue weighted by Crippen LogP contribution is 2.24. The normalized spacial score (nSPS) is 10.9. The van der Waals surface area contributed by atoms with Crippen LogP contribution in [-0.2, 0) is 11.3 Å². The summed E-state index contributed by atoms with van der Waals surface area (Å²) in [5.41, 5.74) is 3.27. The fourth-order valence-corrected chi connectivity index (χ4v) is 3.08. The maximum Gasteiger partial charge on any atom is 0.275 e. The molecular formula is C25H21N3O5. The third-order valence-electron chi connectivity index (χ3n) is 4.78. The zero-order valence-electron chi connectivity index (χ0n) is 17.5. The zero-order valence-corrected chi connectivity index (χ0v) is 17.5. The van der Waals surface area contributed by atoms with Crippen molar-refractivity contribution < 1.29 is 23.8 Å². The summed E-state index contributed by atoms with van der Waals surface area (Å²) < 4.78 is 10.6. The Bertz CT molecular complexity index is 1280. The quantitative estimate of drug-likeness (QED) is 0.284. The summed E-state index contributed by atoms with van der Waals surface area (Å²) in [6, 6.07) is 21.0. The molecule has 0 aliphatic rings. The van der Waals surface area contributed by atoms with Crippen LogP contribution in [0.2, 0.25) is 0 Å². The van der Waals surface area contributed by atoms with E-state index in [1.807, 2.05) is 24.3 Å². The summed E-state index contributed by atoms with van der Waals surface area (Å²) in [6.07, 6.45) is 3.01. The van der Waals surface area contributed by atoms with Crippen LogP contribution in [0.1, 0.15) is 21.7 Å². The number of hydrazone groups is 1. The Morgan fingerprint density at radius 1 is 1.00 bits per heavy atom. The molecule has 0 bridgehead atoms. The molecule has 0 fully saturated rings. The van der Waals surface area contributed by atoms with Crippen molar-refractivity contribution in [2.24, 2.45) is 5.10 Å². The number of hydrogen-bond donors (Lipinski definition) is 3. The zero-order chi connectivity index (χ0) is 23.0. The van der Waals surface area contributed by atoms with Crippen molar-refractivity contribution in [3.63, 3.8) is 0 Å². The molecular weight excluding hydrogens is 422 g/mol. The first-order chi connectivity index (χ1) is 16.1. The number of nitrogens with one attached hydrogen (secondary N) is 2. The Hall–Kier alpha value is -4.59. The minimum Gasteiger partial charge on any atom is -0.507 e. The molecule has 0 spiro atoms. The van der Waals surface area contributed by atoms with Crippen LogP contribution in [0.15, 0.2) is 88.6 Å². The predicted molar refractivity (Wildman–Crippen MR) is 123 cm³/mol. The van der Waals surface area contributed by atoms with Crippen LogP contribution in [0.3, 0.4) is 0 Å². The molecule has 0 aliphatic carbocycles. The molecule has 3 aromatic carbocycles. The third-order valence-corrected chi connectivity index (χ3v) is 4.78. The van der Waals surface area contributed by atoms with Crippen molar-refractivity contribution in [3.8, 4) is 11.5 Å². The number of rotatable bonds is 8. The Balaban J connectivity index is 1.27. The topological polar surface area (TPSA) is 113 Å². The standard InChI is InChI=1S/C25H21N3O5/c29-23-13-19-5-2-1-4-18(19)12-22(23)25(31)28-27-14-17-7-9-20(10-8-17)33-16-24(30)26-15-21-6-3-11-32-21/h1-14,29H,15-16H2,(H,26,30)(H,28,31)/b27-14-. The van der Waals surface area contributed by atoms with Crippen molar-refractivity contribution in [1.82, 2.24) is 10.7 Å². The average Bonchev–Trinajstić information content (AvgIpc) is 3.35. The summed E-state index contributed by atoms with van der Waals surface area (Å²) >= 11 is 0. The second kappa shape index (κ2) is 10.1. The summed E-state index contributed by atoms with van der Waals surface area (Å²) in [4.78, 5) is 24.2. The van der Waals surface area contributed by atoms with Crippen LogP contribution < -0.4 is 15.5 Å². The van der Waals surface area contributed by atoms with E-state index in [9.17, 15) is 14.7 Å². The lowest BCUT2D eigenvalue weighted by molar-refractivity contribution is -0.123. The van der Waals surface area contributed by atoms with Gasteiger partial charge in [0.2, 0.25) is 0 Å². The summed E-state index contributed by atoms with van der Waals surface area (Å²) in [5, 5.41) is 18.5. The van der Waals surface area contributed by atoms with Gasteiger partial charge in [0.15, 0.2) is 6.61 Å². The van der Waals surface area contributed by atoms with E-state index >= 15 is 0 Å². The Morgan fingerprint density at radius 3 is 2.48 bits per heavy atom. The van der Waals surface area contributed by atoms with E-state index in [1.54, 1.807) is 54.8 Å². The van der Waals surface area contributed by atoms with Crippen LogP contribution in [0.25, 0.3) is 10.8 Å². The van der Waals surface area contributed by atoms with Crippen LogP contribution in [0.5, 0.6) is 11.5 Å². The molecule has 2 amide bonds. The van der Waals surface area contributed by atoms with E-state index in [4.69, 9.17) is 9.15 Å². The van der Waals surface area contributed by atoms with Gasteiger partial charge in [-0.2, -0.15) is 5.10 Å². The number of carbonyl (C=O) groups is 2. The second-order valence-electron chi connectivity index (χ2n) is 7.13. The number of phenols is 1. The molecule has 0 unspecified atom stereocenters. The number of fused-ring (bicyclic) bond motifs is 1. The predicted octanol–water partition coefficient (Wildman–Crippen LogP) is 3.60. The van der Waals surface area contributed by atoms with Gasteiger partial charge in [-0.1, -0.05) is 24.3 Å². The minimum atomic E-state index is -0.519. The number of nitrogens with zero attached hydrogens (tertiary/aromatic N) is 1. The van der Waals surface area contributed by atoms with Crippen molar-refractivity contribution in [2.75, 3.05) is 6.61 Å². The van der Waals surface area contributed by atoms with E-state index in [2.05, 4.69) is 15.8 Å². The molecule has 1 aromatic heterocycles. The summed E-state index contributed by atoms with van der Waals surface area (Å²) in [7, 11) is 0. The molecule has 0 saturated heterocycles. The lowest BCUT2D eigenvalue weighted by Crippen LogP contribution is -2.28. The van der Waals surface area contributed by atoms with Gasteiger partial charge in [-0.15, -0.1) is 0 Å². The molecule has 8 heteroatoms. The lowest BCUT2D eigenvalue weighted by atomic mass is 10.1. The third kappa shape index (κ3) is 5.76. The molecule has 4 rings (SSSR count). The lowest BCUT2D eigenvalue weighted by Gasteiger charge is -2.07. The van der Waals surface area contributed by atoms with E-state index in [1.165, 1.54) is 6.21 Å². The number of phenolic OH excluding ortho intramolecular Hbond substituents is 1. The van der Waals surface area contributed by atoms with Crippen LogP contribution >= 0.6 is 0 Å². The van der Waals surface area contributed by atoms with Gasteiger partial charge in [0.05, 0.1) is 24.6 Å². The highest BCUT2D eigenvalue weighted by atomic mass is 16.5. The highest BCUT2D eigenvalue weighted by molar-refractivity contribution is 6.01. The molecule has 0 aliphatic heterocycles. The molecule has 33 heavy (non-hydrogen) atoms. The SMILES string of the molecule is O=C(COc1ccc(/C=N\NC(=O)c2cc3ccccc3cc2O)cc1)NCc1ccco1. The number of aromatic hydroxyl groups is 1. The second-order valence-corrected chi connectivity index (χ2v) is 7.13. The van der Waals surface area contributed by atoms with Gasteiger partial charge in [0, 0.05) is 0 Å². The maximum absolute atomic E-state index is 12.4. The van der Waals surface area contributed by atoms with Crippen LogP contribution in [0.4, 0.5) is 0 Å². The summed E-state index contributed by atoms with van der Waals surface area (Å²) in [5.74, 6) is 0.281. The Labute approximate surface area is 189 Å². The molecule has 0 radical (unpaired) electrons. The first-order valence-electron chi connectivity index (χ1n) is 10.2. The molecule has 3 N–H and O–H groups in total. The smallest absolute Gasteiger partial charge is 0.275 e. The van der Waals surface area contributed by atoms with E-state index in [-0.39, 0.29) is 23.8 Å². The van der Waals surface area contributed by atoms with Gasteiger partial charge >= 0.3 is 0 Å². The van der Waals surface area contributed by atoms with Gasteiger partial charge in [-0.3, -0.25) is 9.59 Å². The van der Waals surface area contributed by atoms with Crippen molar-refractivity contribution in [1.29, 1.82) is 0 Å². The number of benzene rings is 3. The van der Waals surface area contributed by atoms with E-state index in [0.717, 1.165) is 10.8 Å². The van der Waals surface area contributed by atoms with Crippen molar-refractivity contribution in [3.05, 3.63) is 95.9 Å². The summed E-state index contributed by atoms with van der Waals surface area (Å²) in [6.45, 7) is 0.173. The van der Waals surface area contributed by atoms with Crippen LogP contribution in [-0.4, -0.2) is 29.7 Å². The Morgan fingerprint density at radius 2 is 1.76 bits per heavy atom. The maximum atomic E-state index is 12.4. The molecule has 0 saturated carbocycles. The monoisotopic (exact) mass is 443 g/mol. The Kier molecular flexibility index (Phi) is 6.65. The molecule has 8 nitrogen and oxygen atoms in total. The molecule has 0 atom stereocenters. The van der Waals surface area contributed by atoms with Gasteiger partial charge in [0.25, 0.3) is 11.8 Å². The minimum absolute atomic E-state index is 0.115. The number of ether oxygens (including phenoxy) is 1. The number of carbonyl (C=O) groups excluding carboxylic acids is 2. The largest absolute Gasteiger partial charge is 0.507 e.